The molecular weight excluding hydrogens is 556 g/mol. The Labute approximate surface area is 251 Å². The lowest BCUT2D eigenvalue weighted by Crippen LogP contribution is -2.49. The zero-order valence-corrected chi connectivity index (χ0v) is 25.2. The number of methoxy groups -OCH3 is 1. The summed E-state index contributed by atoms with van der Waals surface area (Å²) in [7, 11) is 1.41. The van der Waals surface area contributed by atoms with Gasteiger partial charge in [0.1, 0.15) is 5.84 Å². The minimum Gasteiger partial charge on any atom is -0.481 e. The number of carbonyl (C=O) groups is 3. The summed E-state index contributed by atoms with van der Waals surface area (Å²) in [6, 6.07) is 0. The number of nitrogens with two attached hydrogens (primary N) is 1. The van der Waals surface area contributed by atoms with Crippen molar-refractivity contribution in [3.63, 3.8) is 0 Å². The maximum Gasteiger partial charge on any atom is 0.311 e. The number of ether oxygens (including phenoxy) is 1. The lowest BCUT2D eigenvalue weighted by Gasteiger charge is -2.49. The van der Waals surface area contributed by atoms with Crippen molar-refractivity contribution in [2.75, 3.05) is 7.11 Å². The van der Waals surface area contributed by atoms with Gasteiger partial charge in [-0.05, 0) is 115 Å². The van der Waals surface area contributed by atoms with Crippen molar-refractivity contribution < 1.29 is 39.1 Å². The van der Waals surface area contributed by atoms with Crippen molar-refractivity contribution in [3.05, 3.63) is 11.7 Å². The van der Waals surface area contributed by atoms with Crippen molar-refractivity contribution in [1.82, 2.24) is 10.1 Å². The molecule has 0 spiro atoms. The monoisotopic (exact) mass is 602 g/mol. The lowest BCUT2D eigenvalue weighted by molar-refractivity contribution is -0.172. The van der Waals surface area contributed by atoms with Crippen LogP contribution in [-0.4, -0.2) is 56.4 Å². The predicted octanol–water partition coefficient (Wildman–Crippen LogP) is 4.82. The van der Waals surface area contributed by atoms with E-state index in [-0.39, 0.29) is 16.8 Å². The van der Waals surface area contributed by atoms with Crippen molar-refractivity contribution in [2.24, 2.45) is 39.0 Å². The van der Waals surface area contributed by atoms with Gasteiger partial charge in [-0.1, -0.05) is 10.3 Å². The average molecular weight is 603 g/mol. The van der Waals surface area contributed by atoms with Gasteiger partial charge in [0.05, 0.1) is 23.4 Å². The largest absolute Gasteiger partial charge is 0.481 e. The molecule has 0 aromatic carbocycles. The summed E-state index contributed by atoms with van der Waals surface area (Å²) >= 11 is 0. The number of rotatable bonds is 8. The Balaban J connectivity index is 0.000000141. The number of fused-ring (bicyclic) bond motifs is 6. The van der Waals surface area contributed by atoms with Crippen LogP contribution in [0.15, 0.2) is 9.68 Å². The van der Waals surface area contributed by atoms with Gasteiger partial charge in [-0.3, -0.25) is 14.4 Å². The minimum absolute atomic E-state index is 0.0357. The summed E-state index contributed by atoms with van der Waals surface area (Å²) in [5, 5.41) is 33.7. The molecule has 0 amide bonds. The summed E-state index contributed by atoms with van der Waals surface area (Å²) in [5.41, 5.74) is 3.79. The fraction of sp³-hybridized carbons (Fsp3) is 0.806. The van der Waals surface area contributed by atoms with E-state index in [1.165, 1.54) is 32.8 Å². The van der Waals surface area contributed by atoms with E-state index in [1.54, 1.807) is 0 Å². The highest BCUT2D eigenvalue weighted by molar-refractivity contribution is 5.81. The van der Waals surface area contributed by atoms with Crippen LogP contribution in [0.1, 0.15) is 121 Å². The molecule has 0 atom stereocenters. The summed E-state index contributed by atoms with van der Waals surface area (Å²) in [5.74, 6) is 1.99. The van der Waals surface area contributed by atoms with Crippen LogP contribution in [0.2, 0.25) is 0 Å². The number of esters is 1. The van der Waals surface area contributed by atoms with E-state index in [9.17, 15) is 24.6 Å². The zero-order chi connectivity index (χ0) is 30.9. The second kappa shape index (κ2) is 12.1. The van der Waals surface area contributed by atoms with Crippen LogP contribution in [0.25, 0.3) is 0 Å². The van der Waals surface area contributed by atoms with Crippen LogP contribution in [0.4, 0.5) is 0 Å². The van der Waals surface area contributed by atoms with Gasteiger partial charge in [0.15, 0.2) is 5.82 Å². The number of carboxylic acids is 2. The van der Waals surface area contributed by atoms with Gasteiger partial charge in [-0.25, -0.2) is 0 Å². The minimum atomic E-state index is -0.694. The van der Waals surface area contributed by atoms with Crippen molar-refractivity contribution in [3.8, 4) is 0 Å². The normalized spacial score (nSPS) is 34.3. The first kappa shape index (κ1) is 31.3. The lowest BCUT2D eigenvalue weighted by atomic mass is 9.53. The highest BCUT2D eigenvalue weighted by Crippen LogP contribution is 2.58. The van der Waals surface area contributed by atoms with Gasteiger partial charge in [0.2, 0.25) is 5.89 Å². The molecule has 8 saturated carbocycles. The Kier molecular flexibility index (Phi) is 8.77. The van der Waals surface area contributed by atoms with Crippen LogP contribution >= 0.6 is 0 Å². The quantitative estimate of drug-likeness (QED) is 0.105. The topological polar surface area (TPSA) is 198 Å². The van der Waals surface area contributed by atoms with E-state index in [1.807, 2.05) is 0 Å². The summed E-state index contributed by atoms with van der Waals surface area (Å²) in [4.78, 5) is 38.9. The average Bonchev–Trinajstić information content (AvgIpc) is 3.98. The second-order valence-corrected chi connectivity index (χ2v) is 14.1. The standard InChI is InChI=1S/C15H20N2O3.C11H16O4.C5H10N2O/c18-13(19)15-6-3-14(4-7-15,5-8-15)12-16-11(17-20-12)9-10-1-2-10;1-15-9(14)11-5-2-10(3-6-11,4-7-11)8(12)13;6-5(7-8)3-4-1-2-4/h10H,1-9H2,(H,18,19);2-7H2,1H3,(H,12,13);4,8H,1-3H2,(H2,6,7). The smallest absolute Gasteiger partial charge is 0.311 e. The van der Waals surface area contributed by atoms with Crippen molar-refractivity contribution in [2.45, 2.75) is 121 Å². The molecule has 0 unspecified atom stereocenters. The zero-order valence-electron chi connectivity index (χ0n) is 25.2. The molecule has 238 valence electrons. The molecule has 8 fully saturated rings. The first-order chi connectivity index (χ1) is 20.5. The van der Waals surface area contributed by atoms with Crippen LogP contribution in [0.5, 0.6) is 0 Å². The summed E-state index contributed by atoms with van der Waals surface area (Å²) in [6.45, 7) is 0. The predicted molar refractivity (Wildman–Crippen MR) is 153 cm³/mol. The number of hydrogen-bond acceptors (Lipinski definition) is 9. The fourth-order valence-corrected chi connectivity index (χ4v) is 7.65. The van der Waals surface area contributed by atoms with Gasteiger partial charge >= 0.3 is 17.9 Å². The third-order valence-corrected chi connectivity index (χ3v) is 11.4. The Morgan fingerprint density at radius 2 is 1.30 bits per heavy atom. The number of nitrogens with zero attached hydrogens (tertiary/aromatic N) is 3. The molecule has 43 heavy (non-hydrogen) atoms. The molecule has 8 aliphatic carbocycles. The Morgan fingerprint density at radius 3 is 1.72 bits per heavy atom. The van der Waals surface area contributed by atoms with E-state index >= 15 is 0 Å². The second-order valence-electron chi connectivity index (χ2n) is 14.1. The molecule has 1 aromatic heterocycles. The number of carbonyl (C=O) groups excluding carboxylic acids is 1. The number of aliphatic carboxylic acids is 2. The molecule has 12 nitrogen and oxygen atoms in total. The van der Waals surface area contributed by atoms with Gasteiger partial charge in [-0.2, -0.15) is 4.98 Å². The van der Waals surface area contributed by atoms with Crippen LogP contribution in [0, 0.1) is 28.1 Å². The number of oxime groups is 1. The third kappa shape index (κ3) is 6.52. The van der Waals surface area contributed by atoms with E-state index < -0.39 is 22.8 Å². The van der Waals surface area contributed by atoms with E-state index in [2.05, 4.69) is 15.3 Å². The summed E-state index contributed by atoms with van der Waals surface area (Å²) < 4.78 is 10.4. The van der Waals surface area contributed by atoms with Crippen molar-refractivity contribution >= 4 is 23.7 Å². The molecule has 0 saturated heterocycles. The SMILES string of the molecule is COC(=O)C12CCC(C(=O)O)(CC1)CC2.N/C(CC1CC1)=N\O.O=C(O)C12CCC(c3nc(CC4CC4)no3)(CC1)CC2. The molecule has 5 N–H and O–H groups in total. The van der Waals surface area contributed by atoms with E-state index in [0.29, 0.717) is 50.3 Å². The molecule has 9 rings (SSSR count). The van der Waals surface area contributed by atoms with Gasteiger partial charge in [0, 0.05) is 18.3 Å². The molecule has 0 aliphatic heterocycles. The maximum atomic E-state index is 11.6. The maximum absolute atomic E-state index is 11.6. The highest BCUT2D eigenvalue weighted by Gasteiger charge is 2.57. The number of carboxylic acid groups (broad SMARTS) is 2. The first-order valence-corrected chi connectivity index (χ1v) is 15.8. The van der Waals surface area contributed by atoms with E-state index in [4.69, 9.17) is 20.2 Å². The Morgan fingerprint density at radius 1 is 0.837 bits per heavy atom. The Bertz CT molecular complexity index is 1180. The molecule has 0 radical (unpaired) electrons. The molecule has 1 heterocycles. The number of amidine groups is 1. The van der Waals surface area contributed by atoms with Crippen molar-refractivity contribution in [1.29, 1.82) is 0 Å². The molecular formula is C31H46N4O8. The van der Waals surface area contributed by atoms with Gasteiger partial charge in [0.25, 0.3) is 0 Å². The third-order valence-electron chi connectivity index (χ3n) is 11.4. The Hall–Kier alpha value is -3.18. The first-order valence-electron chi connectivity index (χ1n) is 15.8. The molecule has 12 heteroatoms. The van der Waals surface area contributed by atoms with E-state index in [0.717, 1.165) is 69.0 Å². The van der Waals surface area contributed by atoms with Crippen LogP contribution in [0.3, 0.4) is 0 Å². The van der Waals surface area contributed by atoms with Crippen LogP contribution in [-0.2, 0) is 31.0 Å². The van der Waals surface area contributed by atoms with Crippen LogP contribution < -0.4 is 5.73 Å². The molecule has 8 aliphatic rings. The number of aromatic nitrogens is 2. The van der Waals surface area contributed by atoms with Gasteiger partial charge in [-0.15, -0.1) is 0 Å². The highest BCUT2D eigenvalue weighted by atomic mass is 16.5. The molecule has 4 bridgehead atoms. The van der Waals surface area contributed by atoms with Gasteiger partial charge < -0.3 is 30.4 Å². The summed E-state index contributed by atoms with van der Waals surface area (Å²) in [6.07, 6.45) is 15.6. The molecule has 1 aromatic rings. The fourth-order valence-electron chi connectivity index (χ4n) is 7.65. The number of hydrogen-bond donors (Lipinski definition) is 4.